The Morgan fingerprint density at radius 3 is 2.84 bits per heavy atom. The molecule has 0 radical (unpaired) electrons. The number of aryl methyl sites for hydroxylation is 1. The predicted molar refractivity (Wildman–Crippen MR) is 82.3 cm³/mol. The largest absolute Gasteiger partial charge is 0.496 e. The van der Waals surface area contributed by atoms with Gasteiger partial charge in [-0.25, -0.2) is 0 Å². The van der Waals surface area contributed by atoms with Crippen LogP contribution in [-0.4, -0.2) is 38.2 Å². The van der Waals surface area contributed by atoms with E-state index in [9.17, 15) is 0 Å². The summed E-state index contributed by atoms with van der Waals surface area (Å²) in [6, 6.07) is 7.19. The second-order valence-electron chi connectivity index (χ2n) is 5.13. The molecule has 0 amide bonds. The molecule has 1 aromatic carbocycles. The molecule has 0 aliphatic carbocycles. The van der Waals surface area contributed by atoms with Crippen molar-refractivity contribution in [2.45, 2.75) is 32.4 Å². The number of nitrogens with one attached hydrogen (secondary N) is 1. The first-order valence-corrected chi connectivity index (χ1v) is 6.76. The normalized spacial score (nSPS) is 19.2. The molecule has 3 nitrogen and oxygen atoms in total. The number of halogens is 1. The molecule has 1 heterocycles. The maximum Gasteiger partial charge on any atom is 0.121 e. The third-order valence-corrected chi connectivity index (χ3v) is 3.78. The SMILES string of the molecule is CNCC1CCCN1Cc1ccc(OC)c(C)c1.Cl. The average molecular weight is 285 g/mol. The number of nitrogens with zero attached hydrogens (tertiary/aromatic N) is 1. The Morgan fingerprint density at radius 1 is 1.42 bits per heavy atom. The molecule has 19 heavy (non-hydrogen) atoms. The van der Waals surface area contributed by atoms with Crippen molar-refractivity contribution in [1.82, 2.24) is 10.2 Å². The monoisotopic (exact) mass is 284 g/mol. The molecule has 108 valence electrons. The van der Waals surface area contributed by atoms with Crippen LogP contribution in [0.3, 0.4) is 0 Å². The van der Waals surface area contributed by atoms with E-state index in [2.05, 4.69) is 35.3 Å². The number of hydrogen-bond acceptors (Lipinski definition) is 3. The number of ether oxygens (including phenoxy) is 1. The van der Waals surface area contributed by atoms with E-state index in [0.29, 0.717) is 6.04 Å². The second kappa shape index (κ2) is 7.73. The number of likely N-dealkylation sites (N-methyl/N-ethyl adjacent to an activating group) is 1. The zero-order chi connectivity index (χ0) is 13.0. The lowest BCUT2D eigenvalue weighted by Crippen LogP contribution is -2.36. The topological polar surface area (TPSA) is 24.5 Å². The van der Waals surface area contributed by atoms with E-state index in [1.54, 1.807) is 7.11 Å². The van der Waals surface area contributed by atoms with Crippen molar-refractivity contribution in [2.24, 2.45) is 0 Å². The van der Waals surface area contributed by atoms with E-state index in [1.165, 1.54) is 30.5 Å². The van der Waals surface area contributed by atoms with Crippen LogP contribution in [0.15, 0.2) is 18.2 Å². The Kier molecular flexibility index (Phi) is 6.63. The van der Waals surface area contributed by atoms with Gasteiger partial charge in [0.15, 0.2) is 0 Å². The minimum absolute atomic E-state index is 0. The Balaban J connectivity index is 0.00000180. The fraction of sp³-hybridized carbons (Fsp3) is 0.600. The number of hydrogen-bond donors (Lipinski definition) is 1. The van der Waals surface area contributed by atoms with E-state index >= 15 is 0 Å². The van der Waals surface area contributed by atoms with E-state index in [1.807, 2.05) is 7.05 Å². The van der Waals surface area contributed by atoms with Crippen LogP contribution in [0.4, 0.5) is 0 Å². The van der Waals surface area contributed by atoms with Gasteiger partial charge < -0.3 is 10.1 Å². The first-order chi connectivity index (χ1) is 8.74. The fourth-order valence-electron chi connectivity index (χ4n) is 2.84. The van der Waals surface area contributed by atoms with Gasteiger partial charge in [-0.05, 0) is 50.6 Å². The second-order valence-corrected chi connectivity index (χ2v) is 5.13. The summed E-state index contributed by atoms with van der Waals surface area (Å²) >= 11 is 0. The van der Waals surface area contributed by atoms with E-state index in [-0.39, 0.29) is 12.4 Å². The van der Waals surface area contributed by atoms with E-state index in [4.69, 9.17) is 4.74 Å². The van der Waals surface area contributed by atoms with Crippen molar-refractivity contribution >= 4 is 12.4 Å². The predicted octanol–water partition coefficient (Wildman–Crippen LogP) is 2.61. The molecule has 0 saturated carbocycles. The lowest BCUT2D eigenvalue weighted by atomic mass is 10.1. The number of benzene rings is 1. The van der Waals surface area contributed by atoms with Crippen LogP contribution in [0.2, 0.25) is 0 Å². The van der Waals surface area contributed by atoms with E-state index < -0.39 is 0 Å². The van der Waals surface area contributed by atoms with Gasteiger partial charge in [-0.2, -0.15) is 0 Å². The van der Waals surface area contributed by atoms with Gasteiger partial charge in [0, 0.05) is 19.1 Å². The van der Waals surface area contributed by atoms with Crippen molar-refractivity contribution in [3.05, 3.63) is 29.3 Å². The molecule has 4 heteroatoms. The molecule has 1 atom stereocenters. The van der Waals surface area contributed by atoms with Gasteiger partial charge in [-0.15, -0.1) is 12.4 Å². The highest BCUT2D eigenvalue weighted by Gasteiger charge is 2.23. The summed E-state index contributed by atoms with van der Waals surface area (Å²) in [5.41, 5.74) is 2.61. The molecule has 1 aliphatic heterocycles. The van der Waals surface area contributed by atoms with Gasteiger partial charge in [-0.3, -0.25) is 4.90 Å². The van der Waals surface area contributed by atoms with Crippen molar-refractivity contribution in [2.75, 3.05) is 27.2 Å². The Hall–Kier alpha value is -0.770. The summed E-state index contributed by atoms with van der Waals surface area (Å²) < 4.78 is 5.31. The number of rotatable bonds is 5. The van der Waals surface area contributed by atoms with Crippen molar-refractivity contribution in [3.63, 3.8) is 0 Å². The number of methoxy groups -OCH3 is 1. The summed E-state index contributed by atoms with van der Waals surface area (Å²) in [6.45, 7) is 5.47. The summed E-state index contributed by atoms with van der Waals surface area (Å²) in [6.07, 6.45) is 2.64. The number of likely N-dealkylation sites (tertiary alicyclic amines) is 1. The molecular weight excluding hydrogens is 260 g/mol. The van der Waals surface area contributed by atoms with Crippen LogP contribution in [0.25, 0.3) is 0 Å². The maximum absolute atomic E-state index is 5.31. The zero-order valence-electron chi connectivity index (χ0n) is 12.1. The Bertz CT molecular complexity index is 398. The van der Waals surface area contributed by atoms with Gasteiger partial charge >= 0.3 is 0 Å². The molecule has 1 fully saturated rings. The van der Waals surface area contributed by atoms with Crippen LogP contribution in [0.5, 0.6) is 5.75 Å². The highest BCUT2D eigenvalue weighted by molar-refractivity contribution is 5.85. The first-order valence-electron chi connectivity index (χ1n) is 6.76. The maximum atomic E-state index is 5.31. The van der Waals surface area contributed by atoms with Gasteiger partial charge in [0.05, 0.1) is 7.11 Å². The molecule has 0 bridgehead atoms. The van der Waals surface area contributed by atoms with Crippen molar-refractivity contribution in [1.29, 1.82) is 0 Å². The molecular formula is C15H25ClN2O. The van der Waals surface area contributed by atoms with Crippen LogP contribution < -0.4 is 10.1 Å². The minimum atomic E-state index is 0. The summed E-state index contributed by atoms with van der Waals surface area (Å²) in [4.78, 5) is 2.58. The van der Waals surface area contributed by atoms with Gasteiger partial charge in [0.1, 0.15) is 5.75 Å². The minimum Gasteiger partial charge on any atom is -0.496 e. The van der Waals surface area contributed by atoms with Crippen molar-refractivity contribution < 1.29 is 4.74 Å². The first kappa shape index (κ1) is 16.3. The van der Waals surface area contributed by atoms with Crippen molar-refractivity contribution in [3.8, 4) is 5.75 Å². The molecule has 2 rings (SSSR count). The molecule has 1 saturated heterocycles. The highest BCUT2D eigenvalue weighted by Crippen LogP contribution is 2.23. The Morgan fingerprint density at radius 2 is 2.21 bits per heavy atom. The fourth-order valence-corrected chi connectivity index (χ4v) is 2.84. The third kappa shape index (κ3) is 4.10. The van der Waals surface area contributed by atoms with Crippen LogP contribution in [0, 0.1) is 6.92 Å². The molecule has 1 N–H and O–H groups in total. The highest BCUT2D eigenvalue weighted by atomic mass is 35.5. The molecule has 0 spiro atoms. The summed E-state index contributed by atoms with van der Waals surface area (Å²) in [7, 11) is 3.76. The smallest absolute Gasteiger partial charge is 0.121 e. The van der Waals surface area contributed by atoms with Gasteiger partial charge in [-0.1, -0.05) is 12.1 Å². The third-order valence-electron chi connectivity index (χ3n) is 3.78. The molecule has 1 aliphatic rings. The quantitative estimate of drug-likeness (QED) is 0.900. The van der Waals surface area contributed by atoms with Crippen LogP contribution in [-0.2, 0) is 6.54 Å². The van der Waals surface area contributed by atoms with Crippen LogP contribution >= 0.6 is 12.4 Å². The molecule has 0 aromatic heterocycles. The van der Waals surface area contributed by atoms with Gasteiger partial charge in [0.25, 0.3) is 0 Å². The molecule has 1 aromatic rings. The standard InChI is InChI=1S/C15H24N2O.ClH/c1-12-9-13(6-7-15(12)18-3)11-17-8-4-5-14(17)10-16-2;/h6-7,9,14,16H,4-5,8,10-11H2,1-3H3;1H. The average Bonchev–Trinajstić information content (AvgIpc) is 2.78. The van der Waals surface area contributed by atoms with Gasteiger partial charge in [0.2, 0.25) is 0 Å². The lowest BCUT2D eigenvalue weighted by molar-refractivity contribution is 0.242. The van der Waals surface area contributed by atoms with Crippen LogP contribution in [0.1, 0.15) is 24.0 Å². The zero-order valence-corrected chi connectivity index (χ0v) is 12.9. The summed E-state index contributed by atoms with van der Waals surface area (Å²) in [5, 5.41) is 3.29. The summed E-state index contributed by atoms with van der Waals surface area (Å²) in [5.74, 6) is 0.979. The lowest BCUT2D eigenvalue weighted by Gasteiger charge is -2.24. The molecule has 1 unspecified atom stereocenters. The van der Waals surface area contributed by atoms with E-state index in [0.717, 1.165) is 18.8 Å². The Labute approximate surface area is 122 Å².